The van der Waals surface area contributed by atoms with Gasteiger partial charge in [-0.1, -0.05) is 6.58 Å². The van der Waals surface area contributed by atoms with E-state index in [0.717, 1.165) is 11.0 Å². The molecule has 0 aromatic rings. The summed E-state index contributed by atoms with van der Waals surface area (Å²) in [5.41, 5.74) is -0.947. The molecule has 1 heterocycles. The third-order valence-electron chi connectivity index (χ3n) is 1.95. The lowest BCUT2D eigenvalue weighted by atomic mass is 10.1. The number of esters is 1. The molecule has 1 rings (SSSR count). The van der Waals surface area contributed by atoms with Gasteiger partial charge in [-0.15, -0.1) is 0 Å². The monoisotopic (exact) mass is 212 g/mol. The molecule has 1 aliphatic rings. The van der Waals surface area contributed by atoms with Gasteiger partial charge >= 0.3 is 12.0 Å². The van der Waals surface area contributed by atoms with Crippen LogP contribution >= 0.6 is 0 Å². The average molecular weight is 212 g/mol. The molecule has 6 heteroatoms. The van der Waals surface area contributed by atoms with Crippen molar-refractivity contribution in [2.24, 2.45) is 0 Å². The van der Waals surface area contributed by atoms with Crippen molar-refractivity contribution < 1.29 is 19.1 Å². The lowest BCUT2D eigenvalue weighted by Crippen LogP contribution is -2.40. The van der Waals surface area contributed by atoms with Crippen LogP contribution in [0.15, 0.2) is 12.7 Å². The maximum atomic E-state index is 11.6. The number of amides is 3. The molecule has 6 nitrogen and oxygen atoms in total. The number of carbonyl (C=O) groups excluding carboxylic acids is 3. The van der Waals surface area contributed by atoms with Gasteiger partial charge in [0.25, 0.3) is 5.91 Å². The number of nitrogens with one attached hydrogen (secondary N) is 1. The van der Waals surface area contributed by atoms with E-state index in [1.54, 1.807) is 13.8 Å². The van der Waals surface area contributed by atoms with Gasteiger partial charge in [0.1, 0.15) is 5.54 Å². The van der Waals surface area contributed by atoms with Gasteiger partial charge in [0.2, 0.25) is 0 Å². The molecular formula is C9H12N2O4. The second kappa shape index (κ2) is 3.72. The molecule has 0 radical (unpaired) electrons. The molecule has 3 amide bonds. The fourth-order valence-electron chi connectivity index (χ4n) is 1.12. The van der Waals surface area contributed by atoms with Gasteiger partial charge in [-0.2, -0.15) is 0 Å². The Morgan fingerprint density at radius 2 is 2.20 bits per heavy atom. The highest BCUT2D eigenvalue weighted by Crippen LogP contribution is 2.16. The van der Waals surface area contributed by atoms with Gasteiger partial charge in [-0.05, 0) is 13.8 Å². The second-order valence-corrected chi connectivity index (χ2v) is 3.58. The number of hydrogen-bond donors (Lipinski definition) is 1. The van der Waals surface area contributed by atoms with Gasteiger partial charge in [-0.25, -0.2) is 14.5 Å². The maximum absolute atomic E-state index is 11.6. The fraction of sp³-hybridized carbons (Fsp3) is 0.444. The number of urea groups is 1. The van der Waals surface area contributed by atoms with Crippen LogP contribution in [0.25, 0.3) is 0 Å². The van der Waals surface area contributed by atoms with Gasteiger partial charge in [0, 0.05) is 6.08 Å². The first-order valence-corrected chi connectivity index (χ1v) is 4.32. The lowest BCUT2D eigenvalue weighted by Gasteiger charge is -2.15. The Hall–Kier alpha value is -1.85. The van der Waals surface area contributed by atoms with E-state index in [4.69, 9.17) is 0 Å². The Labute approximate surface area is 86.9 Å². The van der Waals surface area contributed by atoms with Crippen molar-refractivity contribution in [2.45, 2.75) is 19.4 Å². The van der Waals surface area contributed by atoms with Crippen LogP contribution in [-0.2, 0) is 14.3 Å². The first-order valence-electron chi connectivity index (χ1n) is 4.32. The van der Waals surface area contributed by atoms with E-state index < -0.39 is 23.4 Å². The molecule has 0 saturated carbocycles. The maximum Gasteiger partial charge on any atom is 0.331 e. The van der Waals surface area contributed by atoms with Crippen LogP contribution < -0.4 is 5.32 Å². The first-order chi connectivity index (χ1) is 6.88. The van der Waals surface area contributed by atoms with Crippen molar-refractivity contribution in [3.63, 3.8) is 0 Å². The van der Waals surface area contributed by atoms with Gasteiger partial charge in [-0.3, -0.25) is 4.79 Å². The molecular weight excluding hydrogens is 200 g/mol. The van der Waals surface area contributed by atoms with Crippen LogP contribution in [0.5, 0.6) is 0 Å². The summed E-state index contributed by atoms with van der Waals surface area (Å²) in [6, 6.07) is -0.568. The van der Waals surface area contributed by atoms with Crippen LogP contribution in [0.1, 0.15) is 13.8 Å². The summed E-state index contributed by atoms with van der Waals surface area (Å²) in [5, 5.41) is 2.46. The third-order valence-corrected chi connectivity index (χ3v) is 1.95. The number of rotatable bonds is 3. The van der Waals surface area contributed by atoms with E-state index in [9.17, 15) is 14.4 Å². The number of nitrogens with zero attached hydrogens (tertiary/aromatic N) is 1. The van der Waals surface area contributed by atoms with Gasteiger partial charge in [0.05, 0.1) is 0 Å². The van der Waals surface area contributed by atoms with Gasteiger partial charge < -0.3 is 10.1 Å². The molecule has 82 valence electrons. The first kappa shape index (κ1) is 11.2. The molecule has 0 aliphatic carbocycles. The third kappa shape index (κ3) is 2.15. The summed E-state index contributed by atoms with van der Waals surface area (Å²) in [7, 11) is 0. The Balaban J connectivity index is 2.64. The van der Waals surface area contributed by atoms with Crippen molar-refractivity contribution in [1.29, 1.82) is 0 Å². The van der Waals surface area contributed by atoms with E-state index in [1.807, 2.05) is 0 Å². The summed E-state index contributed by atoms with van der Waals surface area (Å²) in [4.78, 5) is 34.4. The number of carbonyl (C=O) groups is 3. The predicted molar refractivity (Wildman–Crippen MR) is 50.6 cm³/mol. The van der Waals surface area contributed by atoms with E-state index in [2.05, 4.69) is 16.6 Å². The van der Waals surface area contributed by atoms with E-state index in [1.165, 1.54) is 0 Å². The summed E-state index contributed by atoms with van der Waals surface area (Å²) >= 11 is 0. The minimum atomic E-state index is -0.947. The number of ether oxygens (including phenoxy) is 1. The molecule has 0 aromatic heterocycles. The fourth-order valence-corrected chi connectivity index (χ4v) is 1.12. The highest BCUT2D eigenvalue weighted by molar-refractivity contribution is 6.06. The molecule has 0 atom stereocenters. The topological polar surface area (TPSA) is 75.7 Å². The van der Waals surface area contributed by atoms with Crippen LogP contribution in [0.3, 0.4) is 0 Å². The van der Waals surface area contributed by atoms with Gasteiger partial charge in [0.15, 0.2) is 6.73 Å². The zero-order chi connectivity index (χ0) is 11.6. The summed E-state index contributed by atoms with van der Waals surface area (Å²) in [5.74, 6) is -1.11. The predicted octanol–water partition coefficient (Wildman–Crippen LogP) is 0.00350. The normalized spacial score (nSPS) is 18.7. The Morgan fingerprint density at radius 1 is 1.60 bits per heavy atom. The Kier molecular flexibility index (Phi) is 2.78. The quantitative estimate of drug-likeness (QED) is 0.406. The molecule has 1 saturated heterocycles. The van der Waals surface area contributed by atoms with Crippen LogP contribution in [0.2, 0.25) is 0 Å². The summed E-state index contributed by atoms with van der Waals surface area (Å²) < 4.78 is 4.60. The molecule has 0 spiro atoms. The van der Waals surface area contributed by atoms with Crippen LogP contribution in [-0.4, -0.2) is 35.1 Å². The van der Waals surface area contributed by atoms with Crippen LogP contribution in [0.4, 0.5) is 4.79 Å². The minimum Gasteiger partial charge on any atom is -0.440 e. The molecule has 1 fully saturated rings. The number of imide groups is 1. The zero-order valence-corrected chi connectivity index (χ0v) is 8.57. The SMILES string of the molecule is C=CC(=O)OCN1C(=O)NC(C)(C)C1=O. The zero-order valence-electron chi connectivity index (χ0n) is 8.57. The highest BCUT2D eigenvalue weighted by atomic mass is 16.5. The molecule has 0 aromatic carbocycles. The van der Waals surface area contributed by atoms with E-state index >= 15 is 0 Å². The second-order valence-electron chi connectivity index (χ2n) is 3.58. The summed E-state index contributed by atoms with van der Waals surface area (Å²) in [6.45, 7) is 5.95. The van der Waals surface area contributed by atoms with Crippen molar-refractivity contribution in [3.8, 4) is 0 Å². The summed E-state index contributed by atoms with van der Waals surface area (Å²) in [6.07, 6.45) is 0.962. The van der Waals surface area contributed by atoms with E-state index in [0.29, 0.717) is 0 Å². The lowest BCUT2D eigenvalue weighted by molar-refractivity contribution is -0.145. The van der Waals surface area contributed by atoms with E-state index in [-0.39, 0.29) is 6.73 Å². The largest absolute Gasteiger partial charge is 0.440 e. The van der Waals surface area contributed by atoms with Crippen LogP contribution in [0, 0.1) is 0 Å². The van der Waals surface area contributed by atoms with Crippen molar-refractivity contribution in [2.75, 3.05) is 6.73 Å². The molecule has 1 aliphatic heterocycles. The highest BCUT2D eigenvalue weighted by Gasteiger charge is 2.44. The number of hydrogen-bond acceptors (Lipinski definition) is 4. The van der Waals surface area contributed by atoms with Crippen molar-refractivity contribution in [3.05, 3.63) is 12.7 Å². The van der Waals surface area contributed by atoms with Crippen molar-refractivity contribution in [1.82, 2.24) is 10.2 Å². The Morgan fingerprint density at radius 3 is 2.60 bits per heavy atom. The minimum absolute atomic E-state index is 0.390. The molecule has 15 heavy (non-hydrogen) atoms. The molecule has 0 unspecified atom stereocenters. The van der Waals surface area contributed by atoms with Crippen molar-refractivity contribution >= 4 is 17.9 Å². The molecule has 0 bridgehead atoms. The molecule has 1 N–H and O–H groups in total. The smallest absolute Gasteiger partial charge is 0.331 e. The standard InChI is InChI=1S/C9H12N2O4/c1-4-6(12)15-5-11-7(13)9(2,3)10-8(11)14/h4H,1,5H2,2-3H3,(H,10,14). The average Bonchev–Trinajstić information content (AvgIpc) is 2.34. The Bertz CT molecular complexity index is 335.